The van der Waals surface area contributed by atoms with Crippen LogP contribution in [0.1, 0.15) is 25.0 Å². The third kappa shape index (κ3) is 4.12. The lowest BCUT2D eigenvalue weighted by molar-refractivity contribution is 0.198. The number of benzene rings is 1. The minimum Gasteiger partial charge on any atom is -0.389 e. The first-order valence-electron chi connectivity index (χ1n) is 5.24. The Hall–Kier alpha value is -0.580. The number of thioether (sulfide) groups is 1. The Morgan fingerprint density at radius 3 is 2.81 bits per heavy atom. The van der Waals surface area contributed by atoms with Gasteiger partial charge in [-0.05, 0) is 31.0 Å². The number of halogens is 1. The molecule has 0 aliphatic heterocycles. The molecule has 0 fully saturated rings. The van der Waals surface area contributed by atoms with Crippen LogP contribution in [0, 0.1) is 5.82 Å². The molecule has 0 radical (unpaired) electrons. The van der Waals surface area contributed by atoms with E-state index in [2.05, 4.69) is 0 Å². The number of aliphatic hydroxyl groups excluding tert-OH is 1. The molecular weight excluding hydrogens is 227 g/mol. The molecule has 0 saturated heterocycles. The van der Waals surface area contributed by atoms with Crippen molar-refractivity contribution < 1.29 is 14.2 Å². The van der Waals surface area contributed by atoms with E-state index in [0.717, 1.165) is 12.2 Å². The number of rotatable bonds is 6. The van der Waals surface area contributed by atoms with Crippen molar-refractivity contribution in [2.24, 2.45) is 0 Å². The summed E-state index contributed by atoms with van der Waals surface area (Å²) < 4.78 is 18.5. The molecule has 0 spiro atoms. The van der Waals surface area contributed by atoms with Crippen LogP contribution in [0.2, 0.25) is 0 Å². The molecule has 2 nitrogen and oxygen atoms in total. The normalized spacial score (nSPS) is 12.8. The largest absolute Gasteiger partial charge is 0.389 e. The summed E-state index contributed by atoms with van der Waals surface area (Å²) in [5, 5.41) is 9.30. The van der Waals surface area contributed by atoms with Crippen LogP contribution in [0.15, 0.2) is 23.1 Å². The van der Waals surface area contributed by atoms with Gasteiger partial charge in [0.1, 0.15) is 5.82 Å². The first-order chi connectivity index (χ1) is 7.65. The van der Waals surface area contributed by atoms with E-state index < -0.39 is 6.10 Å². The number of hydrogen-bond acceptors (Lipinski definition) is 3. The first kappa shape index (κ1) is 13.5. The van der Waals surface area contributed by atoms with Crippen molar-refractivity contribution in [3.8, 4) is 0 Å². The van der Waals surface area contributed by atoms with Crippen LogP contribution in [-0.4, -0.2) is 24.6 Å². The van der Waals surface area contributed by atoms with Crippen LogP contribution in [-0.2, 0) is 4.74 Å². The van der Waals surface area contributed by atoms with E-state index in [1.165, 1.54) is 17.8 Å². The zero-order valence-corrected chi connectivity index (χ0v) is 10.4. The molecular formula is C12H17FO2S. The van der Waals surface area contributed by atoms with Crippen molar-refractivity contribution in [1.82, 2.24) is 0 Å². The highest BCUT2D eigenvalue weighted by atomic mass is 32.2. The van der Waals surface area contributed by atoms with Gasteiger partial charge in [-0.25, -0.2) is 4.39 Å². The highest BCUT2D eigenvalue weighted by Gasteiger charge is 2.07. The molecule has 0 amide bonds. The van der Waals surface area contributed by atoms with Gasteiger partial charge in [-0.15, -0.1) is 11.8 Å². The number of ether oxygens (including phenoxy) is 1. The molecule has 1 rings (SSSR count). The van der Waals surface area contributed by atoms with Crippen LogP contribution < -0.4 is 0 Å². The lowest BCUT2D eigenvalue weighted by Crippen LogP contribution is -1.94. The van der Waals surface area contributed by atoms with E-state index in [0.29, 0.717) is 17.1 Å². The number of aliphatic hydroxyl groups is 1. The van der Waals surface area contributed by atoms with Crippen LogP contribution in [0.3, 0.4) is 0 Å². The Kier molecular flexibility index (Phi) is 5.80. The van der Waals surface area contributed by atoms with E-state index in [-0.39, 0.29) is 5.82 Å². The van der Waals surface area contributed by atoms with Gasteiger partial charge in [-0.3, -0.25) is 0 Å². The third-order valence-electron chi connectivity index (χ3n) is 2.19. The van der Waals surface area contributed by atoms with E-state index in [1.807, 2.05) is 0 Å². The minimum atomic E-state index is -0.623. The summed E-state index contributed by atoms with van der Waals surface area (Å²) in [4.78, 5) is 0.625. The van der Waals surface area contributed by atoms with Crippen molar-refractivity contribution in [3.63, 3.8) is 0 Å². The molecule has 1 N–H and O–H groups in total. The average Bonchev–Trinajstić information content (AvgIpc) is 2.26. The Morgan fingerprint density at radius 2 is 2.25 bits per heavy atom. The van der Waals surface area contributed by atoms with Gasteiger partial charge in [-0.1, -0.05) is 6.07 Å². The van der Waals surface area contributed by atoms with Gasteiger partial charge >= 0.3 is 0 Å². The van der Waals surface area contributed by atoms with Gasteiger partial charge in [-0.2, -0.15) is 0 Å². The fourth-order valence-corrected chi connectivity index (χ4v) is 2.12. The molecule has 1 atom stereocenters. The van der Waals surface area contributed by atoms with Gasteiger partial charge in [0.05, 0.1) is 6.10 Å². The van der Waals surface area contributed by atoms with Crippen LogP contribution in [0.25, 0.3) is 0 Å². The fourth-order valence-electron chi connectivity index (χ4n) is 1.28. The molecule has 0 aromatic heterocycles. The Balaban J connectivity index is 2.54. The molecule has 16 heavy (non-hydrogen) atoms. The highest BCUT2D eigenvalue weighted by Crippen LogP contribution is 2.25. The summed E-state index contributed by atoms with van der Waals surface area (Å²) in [6.45, 7) is 2.32. The molecule has 90 valence electrons. The summed E-state index contributed by atoms with van der Waals surface area (Å²) in [7, 11) is 1.66. The average molecular weight is 244 g/mol. The molecule has 0 heterocycles. The van der Waals surface area contributed by atoms with Crippen LogP contribution in [0.4, 0.5) is 4.39 Å². The van der Waals surface area contributed by atoms with Gasteiger partial charge in [0.15, 0.2) is 0 Å². The zero-order valence-electron chi connectivity index (χ0n) is 9.57. The SMILES string of the molecule is COCCCSc1ccc([C@H](C)O)cc1F. The van der Waals surface area contributed by atoms with Crippen LogP contribution in [0.5, 0.6) is 0 Å². The van der Waals surface area contributed by atoms with Crippen LogP contribution >= 0.6 is 11.8 Å². The Morgan fingerprint density at radius 1 is 1.50 bits per heavy atom. The maximum Gasteiger partial charge on any atom is 0.137 e. The lowest BCUT2D eigenvalue weighted by Gasteiger charge is -2.07. The topological polar surface area (TPSA) is 29.5 Å². The second-order valence-electron chi connectivity index (χ2n) is 3.56. The molecule has 4 heteroatoms. The second-order valence-corrected chi connectivity index (χ2v) is 4.70. The van der Waals surface area contributed by atoms with Crippen molar-refractivity contribution >= 4 is 11.8 Å². The smallest absolute Gasteiger partial charge is 0.137 e. The molecule has 0 saturated carbocycles. The number of hydrogen-bond donors (Lipinski definition) is 1. The monoisotopic (exact) mass is 244 g/mol. The van der Waals surface area contributed by atoms with Crippen molar-refractivity contribution in [3.05, 3.63) is 29.6 Å². The van der Waals surface area contributed by atoms with Gasteiger partial charge in [0.2, 0.25) is 0 Å². The van der Waals surface area contributed by atoms with E-state index in [4.69, 9.17) is 4.74 Å². The summed E-state index contributed by atoms with van der Waals surface area (Å²) in [5.41, 5.74) is 0.610. The first-order valence-corrected chi connectivity index (χ1v) is 6.23. The summed E-state index contributed by atoms with van der Waals surface area (Å²) >= 11 is 1.47. The third-order valence-corrected chi connectivity index (χ3v) is 3.32. The maximum atomic E-state index is 13.6. The maximum absolute atomic E-state index is 13.6. The Bertz CT molecular complexity index is 329. The van der Waals surface area contributed by atoms with E-state index in [1.54, 1.807) is 26.2 Å². The van der Waals surface area contributed by atoms with Crippen molar-refractivity contribution in [1.29, 1.82) is 0 Å². The molecule has 0 aliphatic carbocycles. The molecule has 0 bridgehead atoms. The lowest BCUT2D eigenvalue weighted by atomic mass is 10.1. The van der Waals surface area contributed by atoms with Gasteiger partial charge in [0, 0.05) is 24.4 Å². The molecule has 0 aliphatic rings. The summed E-state index contributed by atoms with van der Waals surface area (Å²) in [6, 6.07) is 4.87. The predicted octanol–water partition coefficient (Wildman–Crippen LogP) is 3.01. The molecule has 1 aromatic carbocycles. The van der Waals surface area contributed by atoms with Crippen molar-refractivity contribution in [2.75, 3.05) is 19.5 Å². The van der Waals surface area contributed by atoms with E-state index in [9.17, 15) is 9.50 Å². The Labute approximate surface area is 99.8 Å². The zero-order chi connectivity index (χ0) is 12.0. The van der Waals surface area contributed by atoms with E-state index >= 15 is 0 Å². The predicted molar refractivity (Wildman–Crippen MR) is 64.3 cm³/mol. The molecule has 1 aromatic rings. The summed E-state index contributed by atoms with van der Waals surface area (Å²) in [5.74, 6) is 0.569. The fraction of sp³-hybridized carbons (Fsp3) is 0.500. The highest BCUT2D eigenvalue weighted by molar-refractivity contribution is 7.99. The van der Waals surface area contributed by atoms with Gasteiger partial charge in [0.25, 0.3) is 0 Å². The number of methoxy groups -OCH3 is 1. The second kappa shape index (κ2) is 6.89. The quantitative estimate of drug-likeness (QED) is 0.616. The molecule has 0 unspecified atom stereocenters. The summed E-state index contributed by atoms with van der Waals surface area (Å²) in [6.07, 6.45) is 0.278. The minimum absolute atomic E-state index is 0.263. The van der Waals surface area contributed by atoms with Gasteiger partial charge < -0.3 is 9.84 Å². The van der Waals surface area contributed by atoms with Crippen molar-refractivity contribution in [2.45, 2.75) is 24.3 Å². The standard InChI is InChI=1S/C12H17FO2S/c1-9(14)10-4-5-12(11(13)8-10)16-7-3-6-15-2/h4-5,8-9,14H,3,6-7H2,1-2H3/t9-/m0/s1.